The Morgan fingerprint density at radius 2 is 2.13 bits per heavy atom. The maximum absolute atomic E-state index is 12.5. The summed E-state index contributed by atoms with van der Waals surface area (Å²) in [6, 6.07) is 7.38. The molecule has 4 rings (SSSR count). The molecule has 0 spiro atoms. The number of benzene rings is 1. The number of hydrogen-bond acceptors (Lipinski definition) is 7. The van der Waals surface area contributed by atoms with Gasteiger partial charge in [0.1, 0.15) is 5.82 Å². The fourth-order valence-electron chi connectivity index (χ4n) is 3.73. The van der Waals surface area contributed by atoms with Crippen LogP contribution in [0.5, 0.6) is 0 Å². The molecule has 2 aromatic heterocycles. The van der Waals surface area contributed by atoms with E-state index in [1.807, 2.05) is 32.0 Å². The number of nitrogens with one attached hydrogen (secondary N) is 3. The van der Waals surface area contributed by atoms with Crippen LogP contribution in [0.2, 0.25) is 0 Å². The molecule has 0 atom stereocenters. The SMILES string of the molecule is C=CC(=O)Nc1ccc2c(Nc3nn(C(=O)OCC)c4c3CNC4(C)C)nccc2c1. The highest BCUT2D eigenvalue weighted by molar-refractivity contribution is 6.02. The first-order valence-corrected chi connectivity index (χ1v) is 9.97. The lowest BCUT2D eigenvalue weighted by atomic mass is 10.0. The quantitative estimate of drug-likeness (QED) is 0.541. The van der Waals surface area contributed by atoms with E-state index in [0.29, 0.717) is 23.9 Å². The second-order valence-electron chi connectivity index (χ2n) is 7.68. The Morgan fingerprint density at radius 1 is 1.32 bits per heavy atom. The molecular formula is C22H24N6O3. The molecule has 9 heteroatoms. The standard InChI is InChI=1S/C22H24N6O3/c1-5-17(29)25-14-7-8-15-13(11-14)9-10-23-19(15)26-20-16-12-24-22(3,4)18(16)28(27-20)21(30)31-6-2/h5,7-11,24H,1,6,12H2,2-4H3,(H,25,29)(H,23,26,27). The molecule has 0 saturated carbocycles. The van der Waals surface area contributed by atoms with Crippen molar-refractivity contribution in [1.29, 1.82) is 0 Å². The summed E-state index contributed by atoms with van der Waals surface area (Å²) in [7, 11) is 0. The van der Waals surface area contributed by atoms with E-state index < -0.39 is 11.6 Å². The lowest BCUT2D eigenvalue weighted by Gasteiger charge is -2.20. The smallest absolute Gasteiger partial charge is 0.435 e. The van der Waals surface area contributed by atoms with Gasteiger partial charge in [0.05, 0.1) is 17.8 Å². The summed E-state index contributed by atoms with van der Waals surface area (Å²) in [5.41, 5.74) is 1.89. The molecular weight excluding hydrogens is 396 g/mol. The third-order valence-electron chi connectivity index (χ3n) is 5.18. The van der Waals surface area contributed by atoms with E-state index in [4.69, 9.17) is 4.74 Å². The van der Waals surface area contributed by atoms with Crippen molar-refractivity contribution in [1.82, 2.24) is 20.1 Å². The van der Waals surface area contributed by atoms with Crippen molar-refractivity contribution in [2.24, 2.45) is 0 Å². The van der Waals surface area contributed by atoms with Gasteiger partial charge in [-0.25, -0.2) is 9.78 Å². The second kappa shape index (κ2) is 7.84. The number of pyridine rings is 1. The first-order valence-electron chi connectivity index (χ1n) is 9.97. The zero-order valence-electron chi connectivity index (χ0n) is 17.7. The van der Waals surface area contributed by atoms with Crippen LogP contribution in [-0.2, 0) is 21.6 Å². The lowest BCUT2D eigenvalue weighted by Crippen LogP contribution is -2.34. The van der Waals surface area contributed by atoms with Gasteiger partial charge >= 0.3 is 6.09 Å². The van der Waals surface area contributed by atoms with Crippen molar-refractivity contribution >= 4 is 40.1 Å². The number of carbonyl (C=O) groups is 2. The molecule has 9 nitrogen and oxygen atoms in total. The molecule has 0 aliphatic carbocycles. The van der Waals surface area contributed by atoms with E-state index in [0.717, 1.165) is 22.0 Å². The average Bonchev–Trinajstić information content (AvgIpc) is 3.26. The first-order chi connectivity index (χ1) is 14.8. The number of anilines is 3. The van der Waals surface area contributed by atoms with Gasteiger partial charge in [0.2, 0.25) is 5.91 Å². The fourth-order valence-corrected chi connectivity index (χ4v) is 3.73. The summed E-state index contributed by atoms with van der Waals surface area (Å²) >= 11 is 0. The Balaban J connectivity index is 1.73. The van der Waals surface area contributed by atoms with Gasteiger partial charge in [-0.1, -0.05) is 6.58 Å². The van der Waals surface area contributed by atoms with E-state index in [1.54, 1.807) is 19.2 Å². The molecule has 0 bridgehead atoms. The molecule has 0 fully saturated rings. The Kier molecular flexibility index (Phi) is 5.20. The zero-order valence-corrected chi connectivity index (χ0v) is 17.7. The van der Waals surface area contributed by atoms with Crippen LogP contribution in [0.1, 0.15) is 32.0 Å². The van der Waals surface area contributed by atoms with Crippen molar-refractivity contribution in [3.8, 4) is 0 Å². The number of rotatable bonds is 5. The number of ether oxygens (including phenoxy) is 1. The summed E-state index contributed by atoms with van der Waals surface area (Å²) in [6.07, 6.45) is 2.38. The fraction of sp³-hybridized carbons (Fsp3) is 0.273. The van der Waals surface area contributed by atoms with Crippen LogP contribution in [0.15, 0.2) is 43.1 Å². The first kappa shape index (κ1) is 20.5. The number of hydrogen-bond donors (Lipinski definition) is 3. The largest absolute Gasteiger partial charge is 0.448 e. The van der Waals surface area contributed by atoms with Crippen molar-refractivity contribution in [3.05, 3.63) is 54.4 Å². The second-order valence-corrected chi connectivity index (χ2v) is 7.68. The molecule has 0 unspecified atom stereocenters. The number of fused-ring (bicyclic) bond motifs is 2. The normalized spacial score (nSPS) is 14.2. The third-order valence-corrected chi connectivity index (χ3v) is 5.18. The van der Waals surface area contributed by atoms with Crippen molar-refractivity contribution in [2.75, 3.05) is 17.2 Å². The molecule has 3 N–H and O–H groups in total. The average molecular weight is 420 g/mol. The number of aromatic nitrogens is 3. The molecule has 3 heterocycles. The molecule has 0 radical (unpaired) electrons. The third kappa shape index (κ3) is 3.75. The van der Waals surface area contributed by atoms with Crippen LogP contribution < -0.4 is 16.0 Å². The molecule has 1 aliphatic heterocycles. The van der Waals surface area contributed by atoms with Gasteiger partial charge in [-0.15, -0.1) is 5.10 Å². The Hall–Kier alpha value is -3.72. The van der Waals surface area contributed by atoms with Crippen LogP contribution in [0.4, 0.5) is 22.1 Å². The predicted octanol–water partition coefficient (Wildman–Crippen LogP) is 3.64. The summed E-state index contributed by atoms with van der Waals surface area (Å²) in [5, 5.41) is 15.7. The Morgan fingerprint density at radius 3 is 2.87 bits per heavy atom. The highest BCUT2D eigenvalue weighted by Gasteiger charge is 2.38. The van der Waals surface area contributed by atoms with Gasteiger partial charge in [0, 0.05) is 29.4 Å². The highest BCUT2D eigenvalue weighted by Crippen LogP contribution is 2.37. The minimum absolute atomic E-state index is 0.264. The van der Waals surface area contributed by atoms with Crippen molar-refractivity contribution in [3.63, 3.8) is 0 Å². The van der Waals surface area contributed by atoms with Crippen molar-refractivity contribution < 1.29 is 14.3 Å². The van der Waals surface area contributed by atoms with Crippen LogP contribution in [0, 0.1) is 0 Å². The molecule has 3 aromatic rings. The maximum Gasteiger partial charge on any atom is 0.435 e. The van der Waals surface area contributed by atoms with Crippen LogP contribution in [0.25, 0.3) is 10.8 Å². The lowest BCUT2D eigenvalue weighted by molar-refractivity contribution is -0.111. The molecule has 1 aliphatic rings. The molecule has 0 saturated heterocycles. The van der Waals surface area contributed by atoms with Crippen LogP contribution in [-0.4, -0.2) is 33.4 Å². The number of carbonyl (C=O) groups excluding carboxylic acids is 2. The van der Waals surface area contributed by atoms with Crippen LogP contribution in [0.3, 0.4) is 0 Å². The van der Waals surface area contributed by atoms with E-state index >= 15 is 0 Å². The Bertz CT molecular complexity index is 1200. The van der Waals surface area contributed by atoms with E-state index in [9.17, 15) is 9.59 Å². The van der Waals surface area contributed by atoms with Gasteiger partial charge < -0.3 is 20.7 Å². The summed E-state index contributed by atoms with van der Waals surface area (Å²) in [6.45, 7) is 10.0. The summed E-state index contributed by atoms with van der Waals surface area (Å²) < 4.78 is 6.50. The van der Waals surface area contributed by atoms with Crippen LogP contribution >= 0.6 is 0 Å². The van der Waals surface area contributed by atoms with E-state index in [-0.39, 0.29) is 12.5 Å². The van der Waals surface area contributed by atoms with Crippen molar-refractivity contribution in [2.45, 2.75) is 32.9 Å². The molecule has 160 valence electrons. The monoisotopic (exact) mass is 420 g/mol. The minimum Gasteiger partial charge on any atom is -0.448 e. The van der Waals surface area contributed by atoms with Gasteiger partial charge in [0.15, 0.2) is 5.82 Å². The summed E-state index contributed by atoms with van der Waals surface area (Å²) in [5.74, 6) is 0.868. The van der Waals surface area contributed by atoms with Gasteiger partial charge in [-0.05, 0) is 56.5 Å². The number of amides is 1. The van der Waals surface area contributed by atoms with E-state index in [2.05, 4.69) is 32.6 Å². The number of nitrogens with zero attached hydrogens (tertiary/aromatic N) is 3. The molecule has 31 heavy (non-hydrogen) atoms. The summed E-state index contributed by atoms with van der Waals surface area (Å²) in [4.78, 5) is 28.5. The van der Waals surface area contributed by atoms with Gasteiger partial charge in [0.25, 0.3) is 0 Å². The molecule has 1 amide bonds. The maximum atomic E-state index is 12.5. The zero-order chi connectivity index (χ0) is 22.2. The van der Waals surface area contributed by atoms with E-state index in [1.165, 1.54) is 10.8 Å². The topological polar surface area (TPSA) is 110 Å². The predicted molar refractivity (Wildman–Crippen MR) is 118 cm³/mol. The minimum atomic E-state index is -0.517. The van der Waals surface area contributed by atoms with Gasteiger partial charge in [-0.3, -0.25) is 4.79 Å². The van der Waals surface area contributed by atoms with Gasteiger partial charge in [-0.2, -0.15) is 4.68 Å². The molecule has 1 aromatic carbocycles. The highest BCUT2D eigenvalue weighted by atomic mass is 16.6. The Labute approximate surface area is 179 Å².